The van der Waals surface area contributed by atoms with Crippen molar-refractivity contribution in [2.24, 2.45) is 0 Å². The van der Waals surface area contributed by atoms with Crippen molar-refractivity contribution in [3.63, 3.8) is 0 Å². The van der Waals surface area contributed by atoms with Crippen LogP contribution < -0.4 is 9.62 Å². The molecule has 1 aliphatic carbocycles. The van der Waals surface area contributed by atoms with Crippen molar-refractivity contribution in [1.82, 2.24) is 15.0 Å². The zero-order valence-electron chi connectivity index (χ0n) is 16.5. The summed E-state index contributed by atoms with van der Waals surface area (Å²) in [5.41, 5.74) is 7.01. The predicted molar refractivity (Wildman–Crippen MR) is 122 cm³/mol. The normalized spacial score (nSPS) is 15.4. The molecule has 1 atom stereocenters. The Morgan fingerprint density at radius 1 is 1.10 bits per heavy atom. The van der Waals surface area contributed by atoms with Crippen molar-refractivity contribution in [2.45, 2.75) is 18.9 Å². The van der Waals surface area contributed by atoms with E-state index in [-0.39, 0.29) is 0 Å². The minimum absolute atomic E-state index is 0.347. The number of rotatable bonds is 5. The smallest absolute Gasteiger partial charge is 0.143 e. The molecular formula is C23H23N5S. The van der Waals surface area contributed by atoms with Crippen LogP contribution in [0.5, 0.6) is 0 Å². The number of aryl methyl sites for hydroxylation is 1. The first-order valence-corrected chi connectivity index (χ1v) is 11.0. The van der Waals surface area contributed by atoms with Crippen molar-refractivity contribution in [3.05, 3.63) is 72.1 Å². The van der Waals surface area contributed by atoms with Crippen molar-refractivity contribution in [2.75, 3.05) is 22.9 Å². The molecule has 5 rings (SSSR count). The Morgan fingerprint density at radius 3 is 2.76 bits per heavy atom. The maximum Gasteiger partial charge on any atom is 0.143 e. The molecule has 2 heterocycles. The third-order valence-electron chi connectivity index (χ3n) is 5.72. The maximum absolute atomic E-state index is 4.65. The second-order valence-corrected chi connectivity index (χ2v) is 8.00. The van der Waals surface area contributed by atoms with E-state index in [9.17, 15) is 0 Å². The van der Waals surface area contributed by atoms with E-state index < -0.39 is 0 Å². The van der Waals surface area contributed by atoms with Gasteiger partial charge in [-0.25, -0.2) is 9.97 Å². The lowest BCUT2D eigenvalue weighted by Gasteiger charge is -2.26. The molecule has 6 heteroatoms. The Kier molecular flexibility index (Phi) is 4.64. The summed E-state index contributed by atoms with van der Waals surface area (Å²) >= 11 is 1.59. The summed E-state index contributed by atoms with van der Waals surface area (Å²) in [6.45, 7) is 0. The molecule has 0 spiro atoms. The fraction of sp³-hybridized carbons (Fsp3) is 0.217. The molecule has 29 heavy (non-hydrogen) atoms. The SMILES string of the molecule is CSNc1ccc(-c2cc3c(N(C)C4CCc5ccccc54)ncnc3[nH]2)cc1. The van der Waals surface area contributed by atoms with Gasteiger partial charge in [0.2, 0.25) is 0 Å². The number of hydrogen-bond donors (Lipinski definition) is 2. The lowest BCUT2D eigenvalue weighted by molar-refractivity contribution is 0.657. The molecule has 0 bridgehead atoms. The summed E-state index contributed by atoms with van der Waals surface area (Å²) in [6, 6.07) is 19.7. The van der Waals surface area contributed by atoms with Crippen LogP contribution in [0, 0.1) is 0 Å². The van der Waals surface area contributed by atoms with Crippen LogP contribution in [0.3, 0.4) is 0 Å². The number of aromatic nitrogens is 3. The van der Waals surface area contributed by atoms with E-state index >= 15 is 0 Å². The number of fused-ring (bicyclic) bond motifs is 2. The minimum Gasteiger partial charge on any atom is -0.352 e. The molecule has 4 aromatic rings. The monoisotopic (exact) mass is 401 g/mol. The van der Waals surface area contributed by atoms with E-state index in [1.54, 1.807) is 18.3 Å². The summed E-state index contributed by atoms with van der Waals surface area (Å²) in [5, 5.41) is 1.06. The van der Waals surface area contributed by atoms with Gasteiger partial charge in [-0.15, -0.1) is 0 Å². The molecule has 1 unspecified atom stereocenters. The second-order valence-electron chi connectivity index (χ2n) is 7.39. The number of aromatic amines is 1. The van der Waals surface area contributed by atoms with E-state index in [2.05, 4.69) is 86.2 Å². The van der Waals surface area contributed by atoms with E-state index in [0.29, 0.717) is 6.04 Å². The number of nitrogens with zero attached hydrogens (tertiary/aromatic N) is 3. The largest absolute Gasteiger partial charge is 0.352 e. The van der Waals surface area contributed by atoms with Gasteiger partial charge in [0.1, 0.15) is 17.8 Å². The van der Waals surface area contributed by atoms with Crippen molar-refractivity contribution in [3.8, 4) is 11.3 Å². The fourth-order valence-electron chi connectivity index (χ4n) is 4.28. The minimum atomic E-state index is 0.347. The Bertz CT molecular complexity index is 1150. The predicted octanol–water partition coefficient (Wildman–Crippen LogP) is 5.44. The fourth-order valence-corrected chi connectivity index (χ4v) is 4.66. The third-order valence-corrected chi connectivity index (χ3v) is 6.16. The number of H-pyrrole nitrogens is 1. The summed E-state index contributed by atoms with van der Waals surface area (Å²) in [6.07, 6.45) is 5.91. The molecule has 1 aliphatic rings. The van der Waals surface area contributed by atoms with Crippen LogP contribution in [-0.4, -0.2) is 28.3 Å². The maximum atomic E-state index is 4.65. The van der Waals surface area contributed by atoms with E-state index in [1.165, 1.54) is 11.1 Å². The highest BCUT2D eigenvalue weighted by Gasteiger charge is 2.27. The molecule has 2 N–H and O–H groups in total. The summed E-state index contributed by atoms with van der Waals surface area (Å²) in [7, 11) is 2.14. The topological polar surface area (TPSA) is 56.8 Å². The standard InChI is InChI=1S/C23H23N5S/c1-28(21-12-9-15-5-3-4-6-18(15)21)23-19-13-20(26-22(19)24-14-25-23)16-7-10-17(11-8-16)27-29-2/h3-8,10-11,13-14,21,27H,9,12H2,1-2H3,(H,24,25,26). The number of nitrogens with one attached hydrogen (secondary N) is 2. The molecule has 0 saturated carbocycles. The van der Waals surface area contributed by atoms with Crippen molar-refractivity contribution < 1.29 is 0 Å². The Balaban J connectivity index is 1.51. The Morgan fingerprint density at radius 2 is 1.93 bits per heavy atom. The van der Waals surface area contributed by atoms with Crippen LogP contribution in [0.2, 0.25) is 0 Å². The lowest BCUT2D eigenvalue weighted by Crippen LogP contribution is -2.23. The molecule has 2 aromatic heterocycles. The molecular weight excluding hydrogens is 378 g/mol. The van der Waals surface area contributed by atoms with Gasteiger partial charge < -0.3 is 14.6 Å². The van der Waals surface area contributed by atoms with Crippen LogP contribution in [0.15, 0.2) is 60.9 Å². The lowest BCUT2D eigenvalue weighted by atomic mass is 10.1. The molecule has 0 radical (unpaired) electrons. The van der Waals surface area contributed by atoms with Gasteiger partial charge in [0, 0.05) is 24.7 Å². The molecule has 5 nitrogen and oxygen atoms in total. The molecule has 0 amide bonds. The first kappa shape index (κ1) is 18.1. The van der Waals surface area contributed by atoms with Crippen LogP contribution >= 0.6 is 11.9 Å². The highest BCUT2D eigenvalue weighted by Crippen LogP contribution is 2.39. The second kappa shape index (κ2) is 7.44. The van der Waals surface area contributed by atoms with Crippen molar-refractivity contribution in [1.29, 1.82) is 0 Å². The summed E-state index contributed by atoms with van der Waals surface area (Å²) < 4.78 is 3.25. The van der Waals surface area contributed by atoms with Gasteiger partial charge in [0.05, 0.1) is 11.4 Å². The zero-order valence-corrected chi connectivity index (χ0v) is 17.3. The van der Waals surface area contributed by atoms with Crippen molar-refractivity contribution >= 4 is 34.5 Å². The van der Waals surface area contributed by atoms with Gasteiger partial charge in [-0.1, -0.05) is 48.3 Å². The molecule has 0 saturated heterocycles. The van der Waals surface area contributed by atoms with Crippen LogP contribution in [0.4, 0.5) is 11.5 Å². The summed E-state index contributed by atoms with van der Waals surface area (Å²) in [4.78, 5) is 14.9. The molecule has 2 aromatic carbocycles. The number of benzene rings is 2. The van der Waals surface area contributed by atoms with E-state index in [4.69, 9.17) is 0 Å². The Labute approximate surface area is 174 Å². The average molecular weight is 402 g/mol. The molecule has 0 fully saturated rings. The third kappa shape index (κ3) is 3.23. The van der Waals surface area contributed by atoms with Crippen LogP contribution in [0.25, 0.3) is 22.3 Å². The summed E-state index contributed by atoms with van der Waals surface area (Å²) in [5.74, 6) is 0.972. The number of hydrogen-bond acceptors (Lipinski definition) is 5. The van der Waals surface area contributed by atoms with E-state index in [1.807, 2.05) is 6.26 Å². The van der Waals surface area contributed by atoms with Gasteiger partial charge in [-0.05, 0) is 47.7 Å². The highest BCUT2D eigenvalue weighted by atomic mass is 32.2. The van der Waals surface area contributed by atoms with Gasteiger partial charge in [-0.3, -0.25) is 0 Å². The quantitative estimate of drug-likeness (QED) is 0.436. The van der Waals surface area contributed by atoms with Gasteiger partial charge in [0.15, 0.2) is 0 Å². The van der Waals surface area contributed by atoms with Crippen LogP contribution in [-0.2, 0) is 6.42 Å². The first-order chi connectivity index (χ1) is 14.2. The molecule has 146 valence electrons. The van der Waals surface area contributed by atoms with Crippen LogP contribution in [0.1, 0.15) is 23.6 Å². The first-order valence-electron chi connectivity index (χ1n) is 9.78. The van der Waals surface area contributed by atoms with Gasteiger partial charge >= 0.3 is 0 Å². The molecule has 0 aliphatic heterocycles. The number of anilines is 2. The average Bonchev–Trinajstić information content (AvgIpc) is 3.38. The zero-order chi connectivity index (χ0) is 19.8. The van der Waals surface area contributed by atoms with Gasteiger partial charge in [-0.2, -0.15) is 0 Å². The highest BCUT2D eigenvalue weighted by molar-refractivity contribution is 7.99. The van der Waals surface area contributed by atoms with E-state index in [0.717, 1.165) is 46.6 Å². The van der Waals surface area contributed by atoms with Gasteiger partial charge in [0.25, 0.3) is 0 Å². The Hall–Kier alpha value is -2.99.